The number of hydrogen-bond acceptors (Lipinski definition) is 8. The minimum absolute atomic E-state index is 0.334. The van der Waals surface area contributed by atoms with Gasteiger partial charge in [-0.1, -0.05) is 6.07 Å². The number of carbonyl (C=O) groups is 1. The van der Waals surface area contributed by atoms with Crippen LogP contribution in [-0.4, -0.2) is 31.4 Å². The Hall–Kier alpha value is -2.27. The van der Waals surface area contributed by atoms with Crippen molar-refractivity contribution in [3.05, 3.63) is 51.5 Å². The Bertz CT molecular complexity index is 984. The van der Waals surface area contributed by atoms with E-state index in [4.69, 9.17) is 15.1 Å². The molecule has 132 valence electrons. The summed E-state index contributed by atoms with van der Waals surface area (Å²) in [7, 11) is -3.67. The van der Waals surface area contributed by atoms with Crippen LogP contribution < -0.4 is 10.6 Å². The van der Waals surface area contributed by atoms with Crippen molar-refractivity contribution in [1.29, 1.82) is 0 Å². The average molecular weight is 398 g/mol. The molecule has 0 unspecified atom stereocenters. The van der Waals surface area contributed by atoms with Crippen LogP contribution in [0.5, 0.6) is 5.75 Å². The molecule has 0 spiro atoms. The molecule has 3 aromatic rings. The highest BCUT2D eigenvalue weighted by Crippen LogP contribution is 2.29. The molecule has 0 radical (unpaired) electrons. The quantitative estimate of drug-likeness (QED) is 0.175. The molecule has 0 fully saturated rings. The van der Waals surface area contributed by atoms with E-state index in [1.54, 1.807) is 29.7 Å². The van der Waals surface area contributed by atoms with E-state index in [9.17, 15) is 13.2 Å². The number of benzene rings is 1. The highest BCUT2D eigenvalue weighted by Gasteiger charge is 2.10. The molecule has 1 aromatic carbocycles. The van der Waals surface area contributed by atoms with Crippen molar-refractivity contribution < 1.29 is 22.5 Å². The maximum atomic E-state index is 11.9. The lowest BCUT2D eigenvalue weighted by atomic mass is 10.2. The van der Waals surface area contributed by atoms with Crippen molar-refractivity contribution in [2.45, 2.75) is 0 Å². The maximum Gasteiger partial charge on any atom is 0.353 e. The smallest absolute Gasteiger partial charge is 0.353 e. The van der Waals surface area contributed by atoms with Gasteiger partial charge in [-0.25, -0.2) is 4.79 Å². The van der Waals surface area contributed by atoms with Gasteiger partial charge >= 0.3 is 5.97 Å². The Morgan fingerprint density at radius 2 is 2.04 bits per heavy atom. The van der Waals surface area contributed by atoms with Crippen molar-refractivity contribution in [2.24, 2.45) is 10.9 Å². The first-order chi connectivity index (χ1) is 11.8. The molecule has 3 rings (SSSR count). The molecule has 10 heteroatoms. The molecule has 25 heavy (non-hydrogen) atoms. The molecular formula is C15H14N2O5S3. The number of hydrogen-bond donors (Lipinski definition) is 2. The van der Waals surface area contributed by atoms with Crippen molar-refractivity contribution in [1.82, 2.24) is 0 Å². The third kappa shape index (κ3) is 6.27. The summed E-state index contributed by atoms with van der Waals surface area (Å²) in [5.74, 6) is 5.34. The fourth-order valence-corrected chi connectivity index (χ4v) is 3.36. The van der Waals surface area contributed by atoms with Crippen molar-refractivity contribution >= 4 is 55.1 Å². The van der Waals surface area contributed by atoms with Gasteiger partial charge in [0.05, 0.1) is 12.5 Å². The van der Waals surface area contributed by atoms with Gasteiger partial charge in [0.2, 0.25) is 0 Å². The zero-order valence-electron chi connectivity index (χ0n) is 12.9. The van der Waals surface area contributed by atoms with E-state index in [0.717, 1.165) is 15.0 Å². The minimum atomic E-state index is -3.67. The Morgan fingerprint density at radius 3 is 2.64 bits per heavy atom. The standard InChI is InChI=1S/C14H10N2O2S2.CH4O3S/c15-16-8-11-6-9-3-4-10(7-13(9)20-11)18-14(17)12-2-1-5-19-12;1-5(2,3)4/h1-8H,15H2;1H3,(H,2,3,4). The van der Waals surface area contributed by atoms with Crippen LogP contribution in [0.25, 0.3) is 10.1 Å². The second-order valence-electron chi connectivity index (χ2n) is 4.73. The van der Waals surface area contributed by atoms with Crippen LogP contribution >= 0.6 is 22.7 Å². The van der Waals surface area contributed by atoms with Gasteiger partial charge in [0, 0.05) is 9.58 Å². The summed E-state index contributed by atoms with van der Waals surface area (Å²) in [5.41, 5.74) is 0. The molecule has 0 atom stereocenters. The van der Waals surface area contributed by atoms with Gasteiger partial charge in [0.1, 0.15) is 10.6 Å². The minimum Gasteiger partial charge on any atom is -0.422 e. The number of rotatable bonds is 3. The number of esters is 1. The molecule has 0 amide bonds. The van der Waals surface area contributed by atoms with Gasteiger partial charge in [-0.2, -0.15) is 13.5 Å². The van der Waals surface area contributed by atoms with E-state index in [0.29, 0.717) is 16.9 Å². The molecule has 7 nitrogen and oxygen atoms in total. The summed E-state index contributed by atoms with van der Waals surface area (Å²) in [6.45, 7) is 0. The lowest BCUT2D eigenvalue weighted by Gasteiger charge is -2.02. The number of thiophene rings is 2. The van der Waals surface area contributed by atoms with E-state index >= 15 is 0 Å². The Balaban J connectivity index is 0.000000399. The topological polar surface area (TPSA) is 119 Å². The Morgan fingerprint density at radius 1 is 1.32 bits per heavy atom. The molecule has 0 aliphatic carbocycles. The van der Waals surface area contributed by atoms with Gasteiger partial charge < -0.3 is 10.6 Å². The van der Waals surface area contributed by atoms with E-state index in [1.807, 2.05) is 29.6 Å². The molecule has 0 aliphatic heterocycles. The Kier molecular flexibility index (Phi) is 6.26. The summed E-state index contributed by atoms with van der Waals surface area (Å²) < 4.78 is 32.2. The lowest BCUT2D eigenvalue weighted by Crippen LogP contribution is -2.05. The van der Waals surface area contributed by atoms with E-state index in [2.05, 4.69) is 5.10 Å². The second-order valence-corrected chi connectivity index (χ2v) is 8.26. The van der Waals surface area contributed by atoms with Crippen LogP contribution in [-0.2, 0) is 10.1 Å². The SMILES string of the molecule is CS(=O)(=O)O.NN=Cc1cc2ccc(OC(=O)c3cccs3)cc2s1. The van der Waals surface area contributed by atoms with Crippen molar-refractivity contribution in [3.63, 3.8) is 0 Å². The lowest BCUT2D eigenvalue weighted by molar-refractivity contribution is 0.0740. The molecule has 2 heterocycles. The van der Waals surface area contributed by atoms with Crippen LogP contribution in [0.4, 0.5) is 0 Å². The predicted octanol–water partition coefficient (Wildman–Crippen LogP) is 2.98. The first-order valence-corrected chi connectivity index (χ1v) is 10.3. The van der Waals surface area contributed by atoms with E-state index in [1.165, 1.54) is 11.3 Å². The predicted molar refractivity (Wildman–Crippen MR) is 100 cm³/mol. The van der Waals surface area contributed by atoms with Crippen LogP contribution in [0.3, 0.4) is 0 Å². The van der Waals surface area contributed by atoms with Crippen molar-refractivity contribution in [2.75, 3.05) is 6.26 Å². The highest BCUT2D eigenvalue weighted by molar-refractivity contribution is 7.85. The number of ether oxygens (including phenoxy) is 1. The summed E-state index contributed by atoms with van der Waals surface area (Å²) in [6, 6.07) is 11.1. The fraction of sp³-hybridized carbons (Fsp3) is 0.0667. The largest absolute Gasteiger partial charge is 0.422 e. The van der Waals surface area contributed by atoms with E-state index in [-0.39, 0.29) is 5.97 Å². The summed E-state index contributed by atoms with van der Waals surface area (Å²) >= 11 is 2.90. The maximum absolute atomic E-state index is 11.9. The van der Waals surface area contributed by atoms with Gasteiger partial charge in [0.15, 0.2) is 0 Å². The first kappa shape index (κ1) is 19.1. The monoisotopic (exact) mass is 398 g/mol. The van der Waals surface area contributed by atoms with Gasteiger partial charge in [-0.3, -0.25) is 4.55 Å². The highest BCUT2D eigenvalue weighted by atomic mass is 32.2. The van der Waals surface area contributed by atoms with Gasteiger partial charge in [-0.05, 0) is 41.1 Å². The molecular weight excluding hydrogens is 384 g/mol. The molecule has 3 N–H and O–H groups in total. The summed E-state index contributed by atoms with van der Waals surface area (Å²) in [4.78, 5) is 13.4. The first-order valence-electron chi connectivity index (χ1n) is 6.71. The molecule has 2 aromatic heterocycles. The Labute approximate surface area is 152 Å². The van der Waals surface area contributed by atoms with Crippen LogP contribution in [0, 0.1) is 0 Å². The number of nitrogens with two attached hydrogens (primary N) is 1. The van der Waals surface area contributed by atoms with Crippen LogP contribution in [0.15, 0.2) is 46.9 Å². The zero-order chi connectivity index (χ0) is 18.4. The third-order valence-electron chi connectivity index (χ3n) is 2.65. The molecule has 0 aliphatic rings. The second kappa shape index (κ2) is 8.21. The summed E-state index contributed by atoms with van der Waals surface area (Å²) in [6.07, 6.45) is 2.31. The van der Waals surface area contributed by atoms with Crippen LogP contribution in [0.1, 0.15) is 14.5 Å². The zero-order valence-corrected chi connectivity index (χ0v) is 15.4. The normalized spacial score (nSPS) is 11.3. The van der Waals surface area contributed by atoms with E-state index < -0.39 is 10.1 Å². The van der Waals surface area contributed by atoms with Gasteiger partial charge in [0.25, 0.3) is 10.1 Å². The molecule has 0 saturated carbocycles. The average Bonchev–Trinajstić information content (AvgIpc) is 3.14. The molecule has 0 saturated heterocycles. The van der Waals surface area contributed by atoms with Gasteiger partial charge in [-0.15, -0.1) is 22.7 Å². The fourth-order valence-electron chi connectivity index (χ4n) is 1.78. The number of carbonyl (C=O) groups excluding carboxylic acids is 1. The third-order valence-corrected chi connectivity index (χ3v) is 4.53. The number of fused-ring (bicyclic) bond motifs is 1. The van der Waals surface area contributed by atoms with Crippen molar-refractivity contribution in [3.8, 4) is 5.75 Å². The van der Waals surface area contributed by atoms with Crippen LogP contribution in [0.2, 0.25) is 0 Å². The number of hydrazone groups is 1. The summed E-state index contributed by atoms with van der Waals surface area (Å²) in [5, 5.41) is 6.42. The molecule has 0 bridgehead atoms. The number of nitrogens with zero attached hydrogens (tertiary/aromatic N) is 1.